The van der Waals surface area contributed by atoms with Crippen LogP contribution in [0.1, 0.15) is 0 Å². The number of benzene rings is 1. The Morgan fingerprint density at radius 1 is 1.17 bits per heavy atom. The largest absolute Gasteiger partial charge is 0.398 e. The summed E-state index contributed by atoms with van der Waals surface area (Å²) in [7, 11) is 0. The molecule has 2 N–H and O–H groups in total. The maximum atomic E-state index is 5.98. The first-order valence-electron chi connectivity index (χ1n) is 5.21. The highest BCUT2D eigenvalue weighted by atomic mass is 79.9. The number of hydrogen-bond acceptors (Lipinski definition) is 3. The Bertz CT molecular complexity index is 738. The smallest absolute Gasteiger partial charge is 0.168 e. The summed E-state index contributed by atoms with van der Waals surface area (Å²) in [5, 5.41) is 8.93. The highest BCUT2D eigenvalue weighted by molar-refractivity contribution is 9.10. The van der Waals surface area contributed by atoms with Crippen molar-refractivity contribution in [1.29, 1.82) is 0 Å². The number of nitrogen functional groups attached to an aromatic ring is 1. The van der Waals surface area contributed by atoms with Gasteiger partial charge in [-0.2, -0.15) is 0 Å². The first-order chi connectivity index (χ1) is 8.65. The van der Waals surface area contributed by atoms with Crippen molar-refractivity contribution in [2.75, 3.05) is 5.73 Å². The Morgan fingerprint density at radius 2 is 2.00 bits per heavy atom. The minimum atomic E-state index is 0.659. The molecule has 18 heavy (non-hydrogen) atoms. The van der Waals surface area contributed by atoms with Crippen molar-refractivity contribution in [2.24, 2.45) is 0 Å². The number of fused-ring (bicyclic) bond motifs is 1. The van der Waals surface area contributed by atoms with Gasteiger partial charge >= 0.3 is 0 Å². The van der Waals surface area contributed by atoms with Crippen molar-refractivity contribution in [3.8, 4) is 11.4 Å². The van der Waals surface area contributed by atoms with E-state index in [1.807, 2.05) is 28.7 Å². The molecule has 0 atom stereocenters. The molecule has 2 aromatic heterocycles. The van der Waals surface area contributed by atoms with Gasteiger partial charge < -0.3 is 5.73 Å². The molecule has 3 aromatic rings. The van der Waals surface area contributed by atoms with Crippen LogP contribution in [-0.2, 0) is 0 Å². The Kier molecular flexibility index (Phi) is 2.72. The van der Waals surface area contributed by atoms with Crippen LogP contribution in [0.25, 0.3) is 17.0 Å². The summed E-state index contributed by atoms with van der Waals surface area (Å²) >= 11 is 9.37. The lowest BCUT2D eigenvalue weighted by Gasteiger charge is -2.02. The lowest BCUT2D eigenvalue weighted by molar-refractivity contribution is 1.11. The molecule has 0 aliphatic carbocycles. The van der Waals surface area contributed by atoms with Gasteiger partial charge in [-0.05, 0) is 46.3 Å². The van der Waals surface area contributed by atoms with Crippen molar-refractivity contribution >= 4 is 38.9 Å². The fourth-order valence-electron chi connectivity index (χ4n) is 1.74. The zero-order chi connectivity index (χ0) is 12.7. The van der Waals surface area contributed by atoms with Crippen LogP contribution < -0.4 is 5.73 Å². The van der Waals surface area contributed by atoms with Crippen molar-refractivity contribution in [2.45, 2.75) is 0 Å². The molecule has 0 unspecified atom stereocenters. The number of hydrogen-bond donors (Lipinski definition) is 1. The number of anilines is 1. The van der Waals surface area contributed by atoms with E-state index < -0.39 is 0 Å². The number of halogens is 2. The molecule has 0 bridgehead atoms. The summed E-state index contributed by atoms with van der Waals surface area (Å²) < 4.78 is 2.67. The fourth-order valence-corrected chi connectivity index (χ4v) is 2.24. The molecule has 0 radical (unpaired) electrons. The maximum absolute atomic E-state index is 5.98. The fraction of sp³-hybridized carbons (Fsp3) is 0. The Balaban J connectivity index is 2.24. The Morgan fingerprint density at radius 3 is 2.78 bits per heavy atom. The van der Waals surface area contributed by atoms with Gasteiger partial charge in [0.05, 0.1) is 5.02 Å². The SMILES string of the molecule is Nc1ccc2nnc(-c3ccc(Cl)c(Br)c3)n2c1. The van der Waals surface area contributed by atoms with Gasteiger partial charge in [-0.15, -0.1) is 10.2 Å². The van der Waals surface area contributed by atoms with E-state index in [1.165, 1.54) is 0 Å². The lowest BCUT2D eigenvalue weighted by Crippen LogP contribution is -1.93. The summed E-state index contributed by atoms with van der Waals surface area (Å²) in [6, 6.07) is 9.24. The minimum Gasteiger partial charge on any atom is -0.398 e. The molecule has 0 spiro atoms. The minimum absolute atomic E-state index is 0.659. The van der Waals surface area contributed by atoms with E-state index in [9.17, 15) is 0 Å². The van der Waals surface area contributed by atoms with Crippen molar-refractivity contribution in [3.05, 3.63) is 46.0 Å². The molecule has 2 heterocycles. The molecule has 90 valence electrons. The average molecular weight is 324 g/mol. The van der Waals surface area contributed by atoms with E-state index in [-0.39, 0.29) is 0 Å². The number of rotatable bonds is 1. The molecule has 4 nitrogen and oxygen atoms in total. The Hall–Kier alpha value is -1.59. The third-order valence-corrected chi connectivity index (χ3v) is 3.82. The normalized spacial score (nSPS) is 11.0. The summed E-state index contributed by atoms with van der Waals surface area (Å²) in [6.07, 6.45) is 1.80. The van der Waals surface area contributed by atoms with Gasteiger partial charge in [0.25, 0.3) is 0 Å². The highest BCUT2D eigenvalue weighted by Crippen LogP contribution is 2.28. The van der Waals surface area contributed by atoms with E-state index in [0.29, 0.717) is 10.7 Å². The van der Waals surface area contributed by atoms with Crippen LogP contribution in [0, 0.1) is 0 Å². The maximum Gasteiger partial charge on any atom is 0.168 e. The predicted molar refractivity (Wildman–Crippen MR) is 75.5 cm³/mol. The lowest BCUT2D eigenvalue weighted by atomic mass is 10.2. The molecule has 0 aliphatic heterocycles. The third kappa shape index (κ3) is 1.85. The quantitative estimate of drug-likeness (QED) is 0.747. The molecule has 6 heteroatoms. The monoisotopic (exact) mass is 322 g/mol. The number of pyridine rings is 1. The van der Waals surface area contributed by atoms with Gasteiger partial charge in [0.1, 0.15) is 0 Å². The number of aromatic nitrogens is 3. The first-order valence-corrected chi connectivity index (χ1v) is 6.38. The van der Waals surface area contributed by atoms with Crippen molar-refractivity contribution in [1.82, 2.24) is 14.6 Å². The van der Waals surface area contributed by atoms with E-state index in [4.69, 9.17) is 17.3 Å². The average Bonchev–Trinajstić information content (AvgIpc) is 2.75. The zero-order valence-electron chi connectivity index (χ0n) is 9.14. The number of nitrogens with two attached hydrogens (primary N) is 1. The van der Waals surface area contributed by atoms with Crippen LogP contribution in [0.15, 0.2) is 41.0 Å². The molecule has 0 aliphatic rings. The highest BCUT2D eigenvalue weighted by Gasteiger charge is 2.09. The van der Waals surface area contributed by atoms with Gasteiger partial charge in [-0.25, -0.2) is 0 Å². The van der Waals surface area contributed by atoms with Gasteiger partial charge in [0.2, 0.25) is 0 Å². The second-order valence-electron chi connectivity index (χ2n) is 3.84. The standard InChI is InChI=1S/C12H8BrClN4/c13-9-5-7(1-3-10(9)14)12-17-16-11-4-2-8(15)6-18(11)12/h1-6H,15H2. The van der Waals surface area contributed by atoms with E-state index in [0.717, 1.165) is 21.5 Å². The molecule has 0 saturated carbocycles. The summed E-state index contributed by atoms with van der Waals surface area (Å²) in [6.45, 7) is 0. The summed E-state index contributed by atoms with van der Waals surface area (Å²) in [5.41, 5.74) is 8.12. The summed E-state index contributed by atoms with van der Waals surface area (Å²) in [5.74, 6) is 0.731. The molecular weight excluding hydrogens is 316 g/mol. The van der Waals surface area contributed by atoms with Gasteiger partial charge in [0, 0.05) is 21.9 Å². The first kappa shape index (κ1) is 11.5. The van der Waals surface area contributed by atoms with Crippen molar-refractivity contribution < 1.29 is 0 Å². The Labute approximate surface area is 117 Å². The molecule has 3 rings (SSSR count). The van der Waals surface area contributed by atoms with Crippen molar-refractivity contribution in [3.63, 3.8) is 0 Å². The van der Waals surface area contributed by atoms with Gasteiger partial charge in [-0.3, -0.25) is 4.40 Å². The van der Waals surface area contributed by atoms with Crippen LogP contribution in [0.2, 0.25) is 5.02 Å². The van der Waals surface area contributed by atoms with Crippen LogP contribution in [-0.4, -0.2) is 14.6 Å². The van der Waals surface area contributed by atoms with Gasteiger partial charge in [-0.1, -0.05) is 11.6 Å². The molecular formula is C12H8BrClN4. The molecule has 0 saturated heterocycles. The van der Waals surface area contributed by atoms with E-state index in [1.54, 1.807) is 12.3 Å². The predicted octanol–water partition coefficient (Wildman–Crippen LogP) is 3.39. The third-order valence-electron chi connectivity index (χ3n) is 2.60. The van der Waals surface area contributed by atoms with Gasteiger partial charge in [0.15, 0.2) is 11.5 Å². The second kappa shape index (κ2) is 4.26. The van der Waals surface area contributed by atoms with Crippen LogP contribution >= 0.6 is 27.5 Å². The second-order valence-corrected chi connectivity index (χ2v) is 5.10. The molecule has 1 aromatic carbocycles. The summed E-state index contributed by atoms with van der Waals surface area (Å²) in [4.78, 5) is 0. The van der Waals surface area contributed by atoms with Crippen LogP contribution in [0.5, 0.6) is 0 Å². The molecule has 0 fully saturated rings. The van der Waals surface area contributed by atoms with Crippen LogP contribution in [0.4, 0.5) is 5.69 Å². The molecule has 0 amide bonds. The zero-order valence-corrected chi connectivity index (χ0v) is 11.5. The van der Waals surface area contributed by atoms with Crippen LogP contribution in [0.3, 0.4) is 0 Å². The number of nitrogens with zero attached hydrogens (tertiary/aromatic N) is 3. The van der Waals surface area contributed by atoms with E-state index >= 15 is 0 Å². The topological polar surface area (TPSA) is 56.2 Å². The van der Waals surface area contributed by atoms with E-state index in [2.05, 4.69) is 26.1 Å².